The number of rotatable bonds is 6. The van der Waals surface area contributed by atoms with Gasteiger partial charge in [-0.2, -0.15) is 4.80 Å². The Bertz CT molecular complexity index is 921. The van der Waals surface area contributed by atoms with Crippen molar-refractivity contribution in [2.75, 3.05) is 0 Å². The molecule has 0 fully saturated rings. The summed E-state index contributed by atoms with van der Waals surface area (Å²) in [5.41, 5.74) is 0.736. The molecule has 0 aliphatic rings. The summed E-state index contributed by atoms with van der Waals surface area (Å²) < 4.78 is 0. The first kappa shape index (κ1) is 17.2. The molecule has 128 valence electrons. The number of Topliss-reactive ketones (excluding diaryl/α,β-unsaturated/α-hetero) is 1. The van der Waals surface area contributed by atoms with Crippen molar-refractivity contribution in [2.24, 2.45) is 0 Å². The molecule has 2 heterocycles. The fourth-order valence-corrected chi connectivity index (χ4v) is 3.16. The standard InChI is InChI=1S/C16H14ClN5O2S/c1-10(23)18-8-13-5-6-15(25-13)14(24)9-22-20-16(19-21-22)11-3-2-4-12(17)7-11/h2-7H,8-9H2,1H3,(H,18,23). The summed E-state index contributed by atoms with van der Waals surface area (Å²) in [5, 5.41) is 15.4. The van der Waals surface area contributed by atoms with Gasteiger partial charge in [-0.3, -0.25) is 9.59 Å². The van der Waals surface area contributed by atoms with E-state index < -0.39 is 0 Å². The average Bonchev–Trinajstić information content (AvgIpc) is 3.22. The minimum atomic E-state index is -0.117. The van der Waals surface area contributed by atoms with E-state index in [2.05, 4.69) is 20.7 Å². The molecule has 0 radical (unpaired) electrons. The van der Waals surface area contributed by atoms with Crippen LogP contribution in [-0.2, 0) is 17.9 Å². The molecule has 0 saturated heterocycles. The first-order valence-corrected chi connectivity index (χ1v) is 8.61. The molecule has 9 heteroatoms. The average molecular weight is 376 g/mol. The molecule has 0 saturated carbocycles. The molecule has 0 unspecified atom stereocenters. The molecule has 1 amide bonds. The van der Waals surface area contributed by atoms with Crippen molar-refractivity contribution in [3.63, 3.8) is 0 Å². The highest BCUT2D eigenvalue weighted by Gasteiger charge is 2.13. The van der Waals surface area contributed by atoms with Gasteiger partial charge in [0.05, 0.1) is 11.4 Å². The summed E-state index contributed by atoms with van der Waals surface area (Å²) in [7, 11) is 0. The third-order valence-corrected chi connectivity index (χ3v) is 4.63. The molecule has 1 N–H and O–H groups in total. The minimum absolute atomic E-state index is 0.00629. The molecule has 0 atom stereocenters. The van der Waals surface area contributed by atoms with Crippen LogP contribution in [0.15, 0.2) is 36.4 Å². The quantitative estimate of drug-likeness (QED) is 0.669. The van der Waals surface area contributed by atoms with E-state index in [9.17, 15) is 9.59 Å². The van der Waals surface area contributed by atoms with E-state index in [0.717, 1.165) is 10.4 Å². The normalized spacial score (nSPS) is 10.6. The molecule has 3 rings (SSSR count). The van der Waals surface area contributed by atoms with Crippen LogP contribution >= 0.6 is 22.9 Å². The number of aromatic nitrogens is 4. The van der Waals surface area contributed by atoms with E-state index >= 15 is 0 Å². The van der Waals surface area contributed by atoms with E-state index in [4.69, 9.17) is 11.6 Å². The molecule has 0 aliphatic heterocycles. The Morgan fingerprint density at radius 2 is 2.12 bits per heavy atom. The summed E-state index contributed by atoms with van der Waals surface area (Å²) >= 11 is 7.29. The monoisotopic (exact) mass is 375 g/mol. The molecule has 25 heavy (non-hydrogen) atoms. The van der Waals surface area contributed by atoms with Crippen LogP contribution in [-0.4, -0.2) is 31.9 Å². The predicted octanol–water partition coefficient (Wildman–Crippen LogP) is 2.57. The lowest BCUT2D eigenvalue weighted by atomic mass is 10.2. The van der Waals surface area contributed by atoms with Crippen LogP contribution in [0.5, 0.6) is 0 Å². The Morgan fingerprint density at radius 3 is 2.88 bits per heavy atom. The number of nitrogens with zero attached hydrogens (tertiary/aromatic N) is 4. The molecule has 1 aromatic carbocycles. The first-order chi connectivity index (χ1) is 12.0. The van der Waals surface area contributed by atoms with Gasteiger partial charge in [0.2, 0.25) is 11.7 Å². The molecular weight excluding hydrogens is 362 g/mol. The van der Waals surface area contributed by atoms with E-state index in [1.807, 2.05) is 12.1 Å². The number of halogens is 1. The Kier molecular flexibility index (Phi) is 5.20. The Hall–Kier alpha value is -2.58. The van der Waals surface area contributed by atoms with Crippen molar-refractivity contribution >= 4 is 34.6 Å². The number of tetrazole rings is 1. The topological polar surface area (TPSA) is 89.8 Å². The number of thiophene rings is 1. The minimum Gasteiger partial charge on any atom is -0.351 e. The second kappa shape index (κ2) is 7.54. The lowest BCUT2D eigenvalue weighted by molar-refractivity contribution is -0.119. The zero-order valence-electron chi connectivity index (χ0n) is 13.3. The lowest BCUT2D eigenvalue weighted by Gasteiger charge is -1.98. The zero-order chi connectivity index (χ0) is 17.8. The van der Waals surface area contributed by atoms with Gasteiger partial charge in [0, 0.05) is 22.4 Å². The van der Waals surface area contributed by atoms with E-state index in [-0.39, 0.29) is 18.2 Å². The van der Waals surface area contributed by atoms with Gasteiger partial charge >= 0.3 is 0 Å². The summed E-state index contributed by atoms with van der Waals surface area (Å²) in [6.07, 6.45) is 0. The maximum Gasteiger partial charge on any atom is 0.217 e. The lowest BCUT2D eigenvalue weighted by Crippen LogP contribution is -2.18. The second-order valence-corrected chi connectivity index (χ2v) is 6.86. The van der Waals surface area contributed by atoms with Crippen molar-refractivity contribution < 1.29 is 9.59 Å². The smallest absolute Gasteiger partial charge is 0.217 e. The third-order valence-electron chi connectivity index (χ3n) is 3.27. The van der Waals surface area contributed by atoms with Crippen LogP contribution < -0.4 is 5.32 Å². The molecular formula is C16H14ClN5O2S. The highest BCUT2D eigenvalue weighted by molar-refractivity contribution is 7.14. The van der Waals surface area contributed by atoms with Crippen molar-refractivity contribution in [3.8, 4) is 11.4 Å². The number of ketones is 1. The Labute approximate surface area is 152 Å². The summed E-state index contributed by atoms with van der Waals surface area (Å²) in [4.78, 5) is 26.0. The SMILES string of the molecule is CC(=O)NCc1ccc(C(=O)Cn2nnc(-c3cccc(Cl)c3)n2)s1. The van der Waals surface area contributed by atoms with Gasteiger partial charge in [0.25, 0.3) is 0 Å². The van der Waals surface area contributed by atoms with Gasteiger partial charge in [-0.15, -0.1) is 21.5 Å². The van der Waals surface area contributed by atoms with E-state index in [1.54, 1.807) is 24.3 Å². The van der Waals surface area contributed by atoms with Crippen LogP contribution in [0, 0.1) is 0 Å². The highest BCUT2D eigenvalue weighted by Crippen LogP contribution is 2.19. The summed E-state index contributed by atoms with van der Waals surface area (Å²) in [5.74, 6) is 0.184. The van der Waals surface area contributed by atoms with Crippen LogP contribution in [0.2, 0.25) is 5.02 Å². The summed E-state index contributed by atoms with van der Waals surface area (Å²) in [6.45, 7) is 1.86. The van der Waals surface area contributed by atoms with Crippen LogP contribution in [0.25, 0.3) is 11.4 Å². The van der Waals surface area contributed by atoms with Crippen molar-refractivity contribution in [2.45, 2.75) is 20.0 Å². The number of carbonyl (C=O) groups is 2. The van der Waals surface area contributed by atoms with Gasteiger partial charge in [0.1, 0.15) is 6.54 Å². The number of amides is 1. The molecule has 2 aromatic heterocycles. The number of hydrogen-bond acceptors (Lipinski definition) is 6. The maximum atomic E-state index is 12.3. The van der Waals surface area contributed by atoms with Crippen molar-refractivity contribution in [1.29, 1.82) is 0 Å². The maximum absolute atomic E-state index is 12.3. The predicted molar refractivity (Wildman–Crippen MR) is 94.4 cm³/mol. The van der Waals surface area contributed by atoms with Crippen LogP contribution in [0.3, 0.4) is 0 Å². The number of hydrogen-bond donors (Lipinski definition) is 1. The second-order valence-electron chi connectivity index (χ2n) is 5.25. The molecule has 3 aromatic rings. The van der Waals surface area contributed by atoms with Gasteiger partial charge in [-0.05, 0) is 29.5 Å². The fraction of sp³-hybridized carbons (Fsp3) is 0.188. The van der Waals surface area contributed by atoms with E-state index in [0.29, 0.717) is 22.3 Å². The molecule has 0 aliphatic carbocycles. The molecule has 7 nitrogen and oxygen atoms in total. The van der Waals surface area contributed by atoms with Crippen molar-refractivity contribution in [3.05, 3.63) is 51.2 Å². The van der Waals surface area contributed by atoms with Gasteiger partial charge in [-0.1, -0.05) is 23.7 Å². The number of nitrogens with one attached hydrogen (secondary N) is 1. The first-order valence-electron chi connectivity index (χ1n) is 7.41. The van der Waals surface area contributed by atoms with Crippen LogP contribution in [0.1, 0.15) is 21.5 Å². The molecule has 0 spiro atoms. The van der Waals surface area contributed by atoms with Crippen molar-refractivity contribution in [1.82, 2.24) is 25.5 Å². The number of benzene rings is 1. The fourth-order valence-electron chi connectivity index (χ4n) is 2.09. The van der Waals surface area contributed by atoms with Gasteiger partial charge < -0.3 is 5.32 Å². The number of carbonyl (C=O) groups excluding carboxylic acids is 2. The highest BCUT2D eigenvalue weighted by atomic mass is 35.5. The van der Waals surface area contributed by atoms with E-state index in [1.165, 1.54) is 23.1 Å². The van der Waals surface area contributed by atoms with Gasteiger partial charge in [0.15, 0.2) is 5.78 Å². The Balaban J connectivity index is 1.66. The van der Waals surface area contributed by atoms with Crippen LogP contribution in [0.4, 0.5) is 0 Å². The molecule has 0 bridgehead atoms. The van der Waals surface area contributed by atoms with Gasteiger partial charge in [-0.25, -0.2) is 0 Å². The Morgan fingerprint density at radius 1 is 1.28 bits per heavy atom. The largest absolute Gasteiger partial charge is 0.351 e. The zero-order valence-corrected chi connectivity index (χ0v) is 14.8. The summed E-state index contributed by atoms with van der Waals surface area (Å²) in [6, 6.07) is 10.7. The third kappa shape index (κ3) is 4.49.